The second kappa shape index (κ2) is 4.70. The molecular weight excluding hydrogens is 212 g/mol. The van der Waals surface area contributed by atoms with E-state index in [1.54, 1.807) is 6.26 Å². The molecular formula is C12H19F2NO. The van der Waals surface area contributed by atoms with Gasteiger partial charge >= 0.3 is 0 Å². The van der Waals surface area contributed by atoms with Gasteiger partial charge in [-0.15, -0.1) is 0 Å². The Morgan fingerprint density at radius 1 is 1.38 bits per heavy atom. The Morgan fingerprint density at radius 2 is 2.06 bits per heavy atom. The molecule has 2 rings (SSSR count). The third-order valence-corrected chi connectivity index (χ3v) is 3.66. The molecule has 2 N–H and O–H groups in total. The molecule has 1 saturated carbocycles. The lowest BCUT2D eigenvalue weighted by Gasteiger charge is -2.33. The number of alkyl halides is 2. The Hall–Kier alpha value is -0.640. The van der Waals surface area contributed by atoms with Gasteiger partial charge in [-0.2, -0.15) is 0 Å². The molecule has 92 valence electrons. The van der Waals surface area contributed by atoms with E-state index in [2.05, 4.69) is 0 Å². The number of hydrogen-bond acceptors (Lipinski definition) is 2. The summed E-state index contributed by atoms with van der Waals surface area (Å²) < 4.78 is 31.3. The van der Waals surface area contributed by atoms with Crippen LogP contribution < -0.4 is 5.73 Å². The van der Waals surface area contributed by atoms with Crippen molar-refractivity contribution in [1.29, 1.82) is 0 Å². The highest BCUT2D eigenvalue weighted by molar-refractivity contribution is 5.11. The van der Waals surface area contributed by atoms with Gasteiger partial charge in [0, 0.05) is 18.9 Å². The summed E-state index contributed by atoms with van der Waals surface area (Å²) in [5.41, 5.74) is 7.22. The van der Waals surface area contributed by atoms with Crippen molar-refractivity contribution in [2.45, 2.75) is 50.5 Å². The van der Waals surface area contributed by atoms with E-state index in [4.69, 9.17) is 10.5 Å². The summed E-state index contributed by atoms with van der Waals surface area (Å²) in [5, 5.41) is 0. The minimum absolute atomic E-state index is 0.0144. The van der Waals surface area contributed by atoms with Crippen LogP contribution in [0.2, 0.25) is 0 Å². The molecule has 0 aromatic rings. The molecule has 2 aliphatic rings. The molecule has 2 nitrogen and oxygen atoms in total. The van der Waals surface area contributed by atoms with Gasteiger partial charge in [-0.3, -0.25) is 0 Å². The highest BCUT2D eigenvalue weighted by Gasteiger charge is 2.37. The van der Waals surface area contributed by atoms with Crippen molar-refractivity contribution in [1.82, 2.24) is 0 Å². The zero-order valence-electron chi connectivity index (χ0n) is 9.42. The van der Waals surface area contributed by atoms with Crippen LogP contribution in [0.25, 0.3) is 0 Å². The lowest BCUT2D eigenvalue weighted by Crippen LogP contribution is -2.38. The first kappa shape index (κ1) is 11.8. The maximum absolute atomic E-state index is 13.0. The molecule has 4 heteroatoms. The minimum Gasteiger partial charge on any atom is -0.501 e. The van der Waals surface area contributed by atoms with E-state index >= 15 is 0 Å². The smallest absolute Gasteiger partial charge is 0.248 e. The van der Waals surface area contributed by atoms with Gasteiger partial charge in [-0.05, 0) is 37.2 Å². The molecule has 0 amide bonds. The van der Waals surface area contributed by atoms with Crippen LogP contribution in [-0.2, 0) is 4.74 Å². The highest BCUT2D eigenvalue weighted by Crippen LogP contribution is 2.38. The number of rotatable bonds is 2. The van der Waals surface area contributed by atoms with E-state index in [-0.39, 0.29) is 24.8 Å². The molecule has 16 heavy (non-hydrogen) atoms. The quantitative estimate of drug-likeness (QED) is 0.793. The zero-order chi connectivity index (χ0) is 11.6. The van der Waals surface area contributed by atoms with E-state index in [0.29, 0.717) is 12.8 Å². The van der Waals surface area contributed by atoms with Gasteiger partial charge in [-0.1, -0.05) is 0 Å². The lowest BCUT2D eigenvalue weighted by molar-refractivity contribution is -0.0473. The van der Waals surface area contributed by atoms with Crippen molar-refractivity contribution >= 4 is 0 Å². The first-order valence-corrected chi connectivity index (χ1v) is 6.02. The second-order valence-corrected chi connectivity index (χ2v) is 4.89. The van der Waals surface area contributed by atoms with Crippen molar-refractivity contribution in [3.63, 3.8) is 0 Å². The molecule has 0 radical (unpaired) electrons. The fraction of sp³-hybridized carbons (Fsp3) is 0.833. The molecule has 1 aliphatic carbocycles. The van der Waals surface area contributed by atoms with Crippen molar-refractivity contribution < 1.29 is 13.5 Å². The van der Waals surface area contributed by atoms with Crippen molar-refractivity contribution in [3.8, 4) is 0 Å². The summed E-state index contributed by atoms with van der Waals surface area (Å²) in [5.74, 6) is -2.26. The van der Waals surface area contributed by atoms with Crippen LogP contribution in [0.1, 0.15) is 38.5 Å². The van der Waals surface area contributed by atoms with E-state index in [1.165, 1.54) is 0 Å². The summed E-state index contributed by atoms with van der Waals surface area (Å²) in [7, 11) is 0. The summed E-state index contributed by atoms with van der Waals surface area (Å²) >= 11 is 0. The summed E-state index contributed by atoms with van der Waals surface area (Å²) in [6, 6.07) is -0.0867. The SMILES string of the molecule is NC(C1=COCCC1)C1CCC(F)(F)CC1. The second-order valence-electron chi connectivity index (χ2n) is 4.89. The maximum Gasteiger partial charge on any atom is 0.248 e. The normalized spacial score (nSPS) is 28.1. The highest BCUT2D eigenvalue weighted by atomic mass is 19.3. The molecule has 1 heterocycles. The van der Waals surface area contributed by atoms with E-state index < -0.39 is 5.92 Å². The average Bonchev–Trinajstić information content (AvgIpc) is 2.29. The summed E-state index contributed by atoms with van der Waals surface area (Å²) in [6.07, 6.45) is 4.72. The Bertz CT molecular complexity index is 268. The van der Waals surface area contributed by atoms with Gasteiger partial charge in [0.05, 0.1) is 12.9 Å². The first-order chi connectivity index (χ1) is 7.58. The fourth-order valence-electron chi connectivity index (χ4n) is 2.55. The van der Waals surface area contributed by atoms with Crippen LogP contribution in [0.4, 0.5) is 8.78 Å². The largest absolute Gasteiger partial charge is 0.501 e. The summed E-state index contributed by atoms with van der Waals surface area (Å²) in [4.78, 5) is 0. The number of halogens is 2. The van der Waals surface area contributed by atoms with Gasteiger partial charge in [0.1, 0.15) is 0 Å². The predicted molar refractivity (Wildman–Crippen MR) is 58.1 cm³/mol. The van der Waals surface area contributed by atoms with Gasteiger partial charge in [0.25, 0.3) is 0 Å². The van der Waals surface area contributed by atoms with E-state index in [9.17, 15) is 8.78 Å². The Labute approximate surface area is 94.8 Å². The molecule has 1 aliphatic heterocycles. The minimum atomic E-state index is -2.46. The van der Waals surface area contributed by atoms with Crippen LogP contribution in [0.5, 0.6) is 0 Å². The maximum atomic E-state index is 13.0. The molecule has 1 atom stereocenters. The fourth-order valence-corrected chi connectivity index (χ4v) is 2.55. The van der Waals surface area contributed by atoms with Crippen molar-refractivity contribution in [3.05, 3.63) is 11.8 Å². The van der Waals surface area contributed by atoms with Gasteiger partial charge in [-0.25, -0.2) is 8.78 Å². The Balaban J connectivity index is 1.91. The van der Waals surface area contributed by atoms with Gasteiger partial charge < -0.3 is 10.5 Å². The Kier molecular flexibility index (Phi) is 3.47. The number of nitrogens with two attached hydrogens (primary N) is 1. The van der Waals surface area contributed by atoms with E-state index in [1.807, 2.05) is 0 Å². The van der Waals surface area contributed by atoms with Crippen LogP contribution in [0.15, 0.2) is 11.8 Å². The van der Waals surface area contributed by atoms with Crippen LogP contribution in [-0.4, -0.2) is 18.6 Å². The van der Waals surface area contributed by atoms with Crippen LogP contribution in [0.3, 0.4) is 0 Å². The monoisotopic (exact) mass is 231 g/mol. The summed E-state index contributed by atoms with van der Waals surface area (Å²) in [6.45, 7) is 0.749. The predicted octanol–water partition coefficient (Wildman–Crippen LogP) is 2.83. The molecule has 1 fully saturated rings. The molecule has 0 bridgehead atoms. The standard InChI is InChI=1S/C12H19F2NO/c13-12(14)5-3-9(4-6-12)11(15)10-2-1-7-16-8-10/h8-9,11H,1-7,15H2. The third kappa shape index (κ3) is 2.73. The van der Waals surface area contributed by atoms with Gasteiger partial charge in [0.2, 0.25) is 5.92 Å². The average molecular weight is 231 g/mol. The molecule has 0 aromatic heterocycles. The molecule has 1 unspecified atom stereocenters. The molecule has 0 aromatic carbocycles. The van der Waals surface area contributed by atoms with Crippen molar-refractivity contribution in [2.75, 3.05) is 6.61 Å². The number of hydrogen-bond donors (Lipinski definition) is 1. The van der Waals surface area contributed by atoms with Crippen molar-refractivity contribution in [2.24, 2.45) is 11.7 Å². The lowest BCUT2D eigenvalue weighted by atomic mass is 9.79. The zero-order valence-corrected chi connectivity index (χ0v) is 9.42. The Morgan fingerprint density at radius 3 is 2.62 bits per heavy atom. The third-order valence-electron chi connectivity index (χ3n) is 3.66. The molecule has 0 spiro atoms. The molecule has 0 saturated heterocycles. The number of ether oxygens (including phenoxy) is 1. The van der Waals surface area contributed by atoms with E-state index in [0.717, 1.165) is 25.0 Å². The van der Waals surface area contributed by atoms with Gasteiger partial charge in [0.15, 0.2) is 0 Å². The first-order valence-electron chi connectivity index (χ1n) is 6.02. The topological polar surface area (TPSA) is 35.2 Å². The van der Waals surface area contributed by atoms with Crippen LogP contribution >= 0.6 is 0 Å². The van der Waals surface area contributed by atoms with Crippen LogP contribution in [0, 0.1) is 5.92 Å².